The zero-order valence-corrected chi connectivity index (χ0v) is 23.9. The Kier molecular flexibility index (Phi) is 9.25. The molecule has 0 radical (unpaired) electrons. The van der Waals surface area contributed by atoms with Crippen LogP contribution in [0.3, 0.4) is 0 Å². The first kappa shape index (κ1) is 30.0. The van der Waals surface area contributed by atoms with E-state index in [0.717, 1.165) is 24.5 Å². The predicted octanol–water partition coefficient (Wildman–Crippen LogP) is 5.37. The van der Waals surface area contributed by atoms with Crippen LogP contribution in [0.15, 0.2) is 62.8 Å². The standard InChI is InChI=1S/C30H37F2N7O2/c1-5-6-25(20-7-9-21(10-8-20)28(40)35-17-26(34-4)37-38-33)39-29(41)27(22-12-23(31)14-24(32)13-22)36-30(39)15-18(2)11-19(3)16-30/h7-10,12-14,18-19,25H,5-6,11,15-17H2,1-4H3,(H,35,40)(H2,33,34,37). The Morgan fingerprint density at radius 3 is 2.34 bits per heavy atom. The van der Waals surface area contributed by atoms with Gasteiger partial charge < -0.3 is 16.1 Å². The largest absolute Gasteiger partial charge is 0.345 e. The molecule has 1 fully saturated rings. The van der Waals surface area contributed by atoms with Crippen molar-refractivity contribution in [3.8, 4) is 0 Å². The van der Waals surface area contributed by atoms with Gasteiger partial charge in [0.05, 0.1) is 12.6 Å². The van der Waals surface area contributed by atoms with Crippen LogP contribution in [-0.2, 0) is 4.79 Å². The molecule has 2 amide bonds. The van der Waals surface area contributed by atoms with Gasteiger partial charge in [0.1, 0.15) is 23.0 Å². The van der Waals surface area contributed by atoms with Crippen LogP contribution in [0.5, 0.6) is 0 Å². The van der Waals surface area contributed by atoms with E-state index in [-0.39, 0.29) is 41.5 Å². The van der Waals surface area contributed by atoms with Crippen LogP contribution >= 0.6 is 0 Å². The van der Waals surface area contributed by atoms with Crippen molar-refractivity contribution in [1.82, 2.24) is 10.2 Å². The van der Waals surface area contributed by atoms with Gasteiger partial charge in [-0.25, -0.2) is 8.78 Å². The summed E-state index contributed by atoms with van der Waals surface area (Å²) in [5, 5.41) is 9.58. The van der Waals surface area contributed by atoms with Crippen LogP contribution in [0.4, 0.5) is 8.78 Å². The Morgan fingerprint density at radius 1 is 1.15 bits per heavy atom. The highest BCUT2D eigenvalue weighted by molar-refractivity contribution is 6.46. The summed E-state index contributed by atoms with van der Waals surface area (Å²) in [6, 6.07) is 9.90. The first-order valence-corrected chi connectivity index (χ1v) is 14.0. The van der Waals surface area contributed by atoms with Crippen LogP contribution < -0.4 is 11.2 Å². The zero-order chi connectivity index (χ0) is 29.7. The van der Waals surface area contributed by atoms with Crippen molar-refractivity contribution in [2.75, 3.05) is 13.6 Å². The molecular formula is C30H37F2N7O2. The molecule has 0 bridgehead atoms. The molecule has 4 rings (SSSR count). The van der Waals surface area contributed by atoms with Gasteiger partial charge in [0.15, 0.2) is 5.84 Å². The highest BCUT2D eigenvalue weighted by Gasteiger charge is 2.53. The number of nitrogens with two attached hydrogens (primary N) is 1. The SMILES string of the molecule is CCCC(c1ccc(C(=O)NCC(N=NN)=NC)cc1)N1C(=O)C(c2cc(F)cc(F)c2)=NC12CC(C)CC(C)C2. The lowest BCUT2D eigenvalue weighted by molar-refractivity contribution is -0.134. The van der Waals surface area contributed by atoms with Gasteiger partial charge in [-0.15, -0.1) is 5.11 Å². The number of hydrogen-bond acceptors (Lipinski definition) is 5. The van der Waals surface area contributed by atoms with E-state index in [2.05, 4.69) is 34.5 Å². The van der Waals surface area contributed by atoms with Crippen molar-refractivity contribution >= 4 is 23.4 Å². The van der Waals surface area contributed by atoms with Crippen molar-refractivity contribution in [2.24, 2.45) is 38.0 Å². The van der Waals surface area contributed by atoms with Crippen LogP contribution in [-0.4, -0.2) is 47.5 Å². The van der Waals surface area contributed by atoms with E-state index in [0.29, 0.717) is 36.7 Å². The minimum atomic E-state index is -0.824. The molecule has 2 aliphatic rings. The minimum Gasteiger partial charge on any atom is -0.345 e. The third-order valence-corrected chi connectivity index (χ3v) is 7.75. The molecule has 3 atom stereocenters. The molecule has 2 aromatic rings. The number of aliphatic imine (C=N–C) groups is 2. The first-order valence-electron chi connectivity index (χ1n) is 14.0. The number of nitrogens with zero attached hydrogens (tertiary/aromatic N) is 5. The Labute approximate surface area is 239 Å². The Balaban J connectivity index is 1.69. The highest BCUT2D eigenvalue weighted by Crippen LogP contribution is 2.48. The lowest BCUT2D eigenvalue weighted by atomic mass is 9.75. The Bertz CT molecular complexity index is 1340. The predicted molar refractivity (Wildman–Crippen MR) is 153 cm³/mol. The van der Waals surface area contributed by atoms with Crippen molar-refractivity contribution in [2.45, 2.75) is 64.6 Å². The maximum absolute atomic E-state index is 14.2. The normalized spacial score (nSPS) is 23.8. The van der Waals surface area contributed by atoms with Gasteiger partial charge in [0, 0.05) is 24.2 Å². The number of benzene rings is 2. The third-order valence-electron chi connectivity index (χ3n) is 7.75. The third kappa shape index (κ3) is 6.49. The van der Waals surface area contributed by atoms with E-state index < -0.39 is 17.3 Å². The number of amides is 2. The van der Waals surface area contributed by atoms with Gasteiger partial charge in [0.2, 0.25) is 0 Å². The van der Waals surface area contributed by atoms with E-state index in [1.807, 2.05) is 24.0 Å². The highest BCUT2D eigenvalue weighted by atomic mass is 19.1. The van der Waals surface area contributed by atoms with Crippen molar-refractivity contribution < 1.29 is 18.4 Å². The molecule has 1 saturated carbocycles. The summed E-state index contributed by atoms with van der Waals surface area (Å²) in [7, 11) is 1.53. The number of nitrogens with one attached hydrogen (secondary N) is 1. The summed E-state index contributed by atoms with van der Waals surface area (Å²) in [6.45, 7) is 6.42. The van der Waals surface area contributed by atoms with E-state index in [4.69, 9.17) is 10.8 Å². The molecule has 3 N–H and O–H groups in total. The maximum Gasteiger partial charge on any atom is 0.275 e. The van der Waals surface area contributed by atoms with E-state index in [1.54, 1.807) is 12.1 Å². The number of halogens is 2. The summed E-state index contributed by atoms with van der Waals surface area (Å²) in [5.41, 5.74) is 0.696. The van der Waals surface area contributed by atoms with Gasteiger partial charge in [-0.2, -0.15) is 0 Å². The molecule has 1 spiro atoms. The molecule has 218 valence electrons. The lowest BCUT2D eigenvalue weighted by Gasteiger charge is -2.47. The number of rotatable bonds is 8. The number of amidine groups is 1. The zero-order valence-electron chi connectivity index (χ0n) is 23.9. The number of carbonyl (C=O) groups excluding carboxylic acids is 2. The molecule has 1 heterocycles. The van der Waals surface area contributed by atoms with Gasteiger partial charge >= 0.3 is 0 Å². The minimum absolute atomic E-state index is 0.0677. The van der Waals surface area contributed by atoms with Gasteiger partial charge in [-0.1, -0.05) is 44.5 Å². The monoisotopic (exact) mass is 565 g/mol. The molecular weight excluding hydrogens is 528 g/mol. The molecule has 41 heavy (non-hydrogen) atoms. The second-order valence-electron chi connectivity index (χ2n) is 11.1. The summed E-state index contributed by atoms with van der Waals surface area (Å²) in [5.74, 6) is 3.81. The molecule has 1 aliphatic carbocycles. The molecule has 1 aliphatic heterocycles. The van der Waals surface area contributed by atoms with Crippen molar-refractivity contribution in [3.05, 3.63) is 70.8 Å². The second-order valence-corrected chi connectivity index (χ2v) is 11.1. The number of carbonyl (C=O) groups is 2. The Hall–Kier alpha value is -4.02. The molecule has 3 unspecified atom stereocenters. The fraction of sp³-hybridized carbons (Fsp3) is 0.467. The topological polar surface area (TPSA) is 125 Å². The first-order chi connectivity index (χ1) is 19.6. The average molecular weight is 566 g/mol. The van der Waals surface area contributed by atoms with Gasteiger partial charge in [-0.3, -0.25) is 19.6 Å². The quantitative estimate of drug-likeness (QED) is 0.147. The van der Waals surface area contributed by atoms with Gasteiger partial charge in [0.25, 0.3) is 11.8 Å². The molecule has 9 nitrogen and oxygen atoms in total. The smallest absolute Gasteiger partial charge is 0.275 e. The Morgan fingerprint density at radius 2 is 1.78 bits per heavy atom. The van der Waals surface area contributed by atoms with Crippen LogP contribution in [0.1, 0.15) is 80.4 Å². The summed E-state index contributed by atoms with van der Waals surface area (Å²) < 4.78 is 28.4. The van der Waals surface area contributed by atoms with Crippen LogP contribution in [0.25, 0.3) is 0 Å². The molecule has 0 aromatic heterocycles. The van der Waals surface area contributed by atoms with Crippen molar-refractivity contribution in [3.63, 3.8) is 0 Å². The summed E-state index contributed by atoms with van der Waals surface area (Å²) in [6.07, 6.45) is 3.78. The van der Waals surface area contributed by atoms with E-state index >= 15 is 0 Å². The van der Waals surface area contributed by atoms with Crippen LogP contribution in [0.2, 0.25) is 0 Å². The fourth-order valence-electron chi connectivity index (χ4n) is 6.33. The molecule has 0 saturated heterocycles. The van der Waals surface area contributed by atoms with E-state index in [1.165, 1.54) is 19.2 Å². The van der Waals surface area contributed by atoms with E-state index in [9.17, 15) is 18.4 Å². The fourth-order valence-corrected chi connectivity index (χ4v) is 6.33. The second kappa shape index (κ2) is 12.7. The average Bonchev–Trinajstić information content (AvgIpc) is 3.18. The number of hydrogen-bond donors (Lipinski definition) is 2. The summed E-state index contributed by atoms with van der Waals surface area (Å²) in [4.78, 5) is 37.7. The molecule has 2 aromatic carbocycles. The molecule has 11 heteroatoms. The van der Waals surface area contributed by atoms with Crippen molar-refractivity contribution in [1.29, 1.82) is 0 Å². The van der Waals surface area contributed by atoms with Crippen LogP contribution in [0, 0.1) is 23.5 Å². The lowest BCUT2D eigenvalue weighted by Crippen LogP contribution is -2.52. The van der Waals surface area contributed by atoms with Gasteiger partial charge in [-0.05, 0) is 67.3 Å². The summed E-state index contributed by atoms with van der Waals surface area (Å²) >= 11 is 0. The maximum atomic E-state index is 14.2.